The van der Waals surface area contributed by atoms with Crippen LogP contribution in [0.15, 0.2) is 76.8 Å². The molecule has 2 amide bonds. The predicted octanol–water partition coefficient (Wildman–Crippen LogP) is 3.73. The highest BCUT2D eigenvalue weighted by Crippen LogP contribution is 2.13. The van der Waals surface area contributed by atoms with Crippen molar-refractivity contribution in [2.75, 3.05) is 13.7 Å². The van der Waals surface area contributed by atoms with E-state index in [1.165, 1.54) is 6.08 Å². The average molecular weight is 404 g/mol. The van der Waals surface area contributed by atoms with Crippen molar-refractivity contribution < 1.29 is 18.7 Å². The monoisotopic (exact) mass is 404 g/mol. The molecule has 154 valence electrons. The van der Waals surface area contributed by atoms with Gasteiger partial charge in [0.05, 0.1) is 7.11 Å². The molecule has 1 heterocycles. The van der Waals surface area contributed by atoms with Gasteiger partial charge in [-0.25, -0.2) is 0 Å². The number of hydrogen-bond donors (Lipinski definition) is 2. The number of ether oxygens (including phenoxy) is 1. The largest absolute Gasteiger partial charge is 0.497 e. The Morgan fingerprint density at radius 2 is 1.73 bits per heavy atom. The fourth-order valence-corrected chi connectivity index (χ4v) is 2.82. The van der Waals surface area contributed by atoms with Gasteiger partial charge in [0.1, 0.15) is 23.0 Å². The average Bonchev–Trinajstić information content (AvgIpc) is 3.18. The molecule has 30 heavy (non-hydrogen) atoms. The van der Waals surface area contributed by atoms with Gasteiger partial charge in [-0.1, -0.05) is 30.3 Å². The third kappa shape index (κ3) is 5.85. The number of carbonyl (C=O) groups excluding carboxylic acids is 2. The van der Waals surface area contributed by atoms with Gasteiger partial charge in [0.15, 0.2) is 0 Å². The Balaban J connectivity index is 1.68. The molecular formula is C24H24N2O4. The Morgan fingerprint density at radius 1 is 1.00 bits per heavy atom. The fourth-order valence-electron chi connectivity index (χ4n) is 2.82. The zero-order chi connectivity index (χ0) is 21.3. The lowest BCUT2D eigenvalue weighted by Crippen LogP contribution is -2.35. The SMILES string of the molecule is COc1ccc(CCNC(=O)C(=Cc2ccc(C)o2)NC(=O)c2ccccc2)cc1. The molecule has 6 nitrogen and oxygen atoms in total. The zero-order valence-electron chi connectivity index (χ0n) is 17.0. The molecular weight excluding hydrogens is 380 g/mol. The van der Waals surface area contributed by atoms with Crippen molar-refractivity contribution in [2.24, 2.45) is 0 Å². The number of furan rings is 1. The molecule has 0 bridgehead atoms. The van der Waals surface area contributed by atoms with Crippen LogP contribution in [0.4, 0.5) is 0 Å². The van der Waals surface area contributed by atoms with Crippen LogP contribution in [0.3, 0.4) is 0 Å². The summed E-state index contributed by atoms with van der Waals surface area (Å²) >= 11 is 0. The molecule has 0 saturated carbocycles. The molecule has 0 saturated heterocycles. The van der Waals surface area contributed by atoms with Crippen LogP contribution in [0.5, 0.6) is 5.75 Å². The van der Waals surface area contributed by atoms with Crippen molar-refractivity contribution in [2.45, 2.75) is 13.3 Å². The lowest BCUT2D eigenvalue weighted by Gasteiger charge is -2.11. The minimum atomic E-state index is -0.387. The molecule has 2 aromatic carbocycles. The van der Waals surface area contributed by atoms with Crippen molar-refractivity contribution in [3.05, 3.63) is 95.1 Å². The molecule has 0 aliphatic rings. The molecule has 0 unspecified atom stereocenters. The minimum absolute atomic E-state index is 0.118. The summed E-state index contributed by atoms with van der Waals surface area (Å²) in [5.74, 6) is 1.23. The van der Waals surface area contributed by atoms with Crippen LogP contribution in [0, 0.1) is 6.92 Å². The molecule has 3 aromatic rings. The molecule has 0 atom stereocenters. The highest BCUT2D eigenvalue weighted by atomic mass is 16.5. The van der Waals surface area contributed by atoms with E-state index in [0.717, 1.165) is 17.1 Å². The van der Waals surface area contributed by atoms with Crippen LogP contribution in [0.2, 0.25) is 0 Å². The van der Waals surface area contributed by atoms with E-state index in [0.29, 0.717) is 24.3 Å². The summed E-state index contributed by atoms with van der Waals surface area (Å²) in [6.07, 6.45) is 2.17. The predicted molar refractivity (Wildman–Crippen MR) is 115 cm³/mol. The quantitative estimate of drug-likeness (QED) is 0.561. The van der Waals surface area contributed by atoms with Gasteiger partial charge >= 0.3 is 0 Å². The van der Waals surface area contributed by atoms with Gasteiger partial charge in [0.2, 0.25) is 0 Å². The van der Waals surface area contributed by atoms with Crippen LogP contribution in [0.25, 0.3) is 6.08 Å². The third-order valence-corrected chi connectivity index (χ3v) is 4.43. The summed E-state index contributed by atoms with van der Waals surface area (Å²) in [6, 6.07) is 19.9. The summed E-state index contributed by atoms with van der Waals surface area (Å²) in [7, 11) is 1.62. The van der Waals surface area contributed by atoms with Crippen LogP contribution in [-0.4, -0.2) is 25.5 Å². The number of benzene rings is 2. The molecule has 0 aliphatic carbocycles. The summed E-state index contributed by atoms with van der Waals surface area (Å²) < 4.78 is 10.7. The summed E-state index contributed by atoms with van der Waals surface area (Å²) in [4.78, 5) is 25.3. The van der Waals surface area contributed by atoms with Crippen molar-refractivity contribution in [3.63, 3.8) is 0 Å². The summed E-state index contributed by atoms with van der Waals surface area (Å²) in [6.45, 7) is 2.23. The molecule has 0 fully saturated rings. The number of rotatable bonds is 8. The Kier molecular flexibility index (Phi) is 7.05. The topological polar surface area (TPSA) is 80.6 Å². The number of amides is 2. The first-order valence-corrected chi connectivity index (χ1v) is 9.61. The maximum Gasteiger partial charge on any atom is 0.267 e. The van der Waals surface area contributed by atoms with Gasteiger partial charge in [-0.3, -0.25) is 9.59 Å². The first kappa shape index (κ1) is 20.9. The maximum atomic E-state index is 12.8. The first-order chi connectivity index (χ1) is 14.5. The van der Waals surface area contributed by atoms with Gasteiger partial charge < -0.3 is 19.8 Å². The highest BCUT2D eigenvalue weighted by Gasteiger charge is 2.15. The highest BCUT2D eigenvalue weighted by molar-refractivity contribution is 6.05. The number of nitrogens with one attached hydrogen (secondary N) is 2. The smallest absolute Gasteiger partial charge is 0.267 e. The van der Waals surface area contributed by atoms with E-state index in [1.807, 2.05) is 37.3 Å². The molecule has 3 rings (SSSR count). The normalized spacial score (nSPS) is 11.1. The Labute approximate surface area is 175 Å². The second-order valence-corrected chi connectivity index (χ2v) is 6.68. The van der Waals surface area contributed by atoms with Crippen LogP contribution in [0.1, 0.15) is 27.4 Å². The molecule has 2 N–H and O–H groups in total. The molecule has 0 aliphatic heterocycles. The fraction of sp³-hybridized carbons (Fsp3) is 0.167. The van der Waals surface area contributed by atoms with E-state index in [-0.39, 0.29) is 17.5 Å². The summed E-state index contributed by atoms with van der Waals surface area (Å²) in [5, 5.41) is 5.54. The van der Waals surface area contributed by atoms with E-state index in [1.54, 1.807) is 43.5 Å². The molecule has 0 radical (unpaired) electrons. The number of carbonyl (C=O) groups is 2. The van der Waals surface area contributed by atoms with Gasteiger partial charge in [-0.05, 0) is 55.3 Å². The summed E-state index contributed by atoms with van der Waals surface area (Å²) in [5.41, 5.74) is 1.65. The Bertz CT molecular complexity index is 1020. The van der Waals surface area contributed by atoms with E-state index in [9.17, 15) is 9.59 Å². The number of aryl methyl sites for hydroxylation is 1. The first-order valence-electron chi connectivity index (χ1n) is 9.61. The molecule has 0 spiro atoms. The third-order valence-electron chi connectivity index (χ3n) is 4.43. The van der Waals surface area contributed by atoms with Gasteiger partial charge in [0.25, 0.3) is 11.8 Å². The van der Waals surface area contributed by atoms with E-state index in [4.69, 9.17) is 9.15 Å². The van der Waals surface area contributed by atoms with Crippen molar-refractivity contribution >= 4 is 17.9 Å². The minimum Gasteiger partial charge on any atom is -0.497 e. The van der Waals surface area contributed by atoms with Crippen molar-refractivity contribution in [3.8, 4) is 5.75 Å². The number of hydrogen-bond acceptors (Lipinski definition) is 4. The van der Waals surface area contributed by atoms with E-state index < -0.39 is 0 Å². The lowest BCUT2D eigenvalue weighted by atomic mass is 10.1. The van der Waals surface area contributed by atoms with Crippen molar-refractivity contribution in [1.29, 1.82) is 0 Å². The molecule has 1 aromatic heterocycles. The second-order valence-electron chi connectivity index (χ2n) is 6.68. The Hall–Kier alpha value is -3.80. The lowest BCUT2D eigenvalue weighted by molar-refractivity contribution is -0.117. The Morgan fingerprint density at radius 3 is 2.37 bits per heavy atom. The van der Waals surface area contributed by atoms with Crippen LogP contribution >= 0.6 is 0 Å². The molecule has 6 heteroatoms. The maximum absolute atomic E-state index is 12.8. The van der Waals surface area contributed by atoms with Gasteiger partial charge in [-0.15, -0.1) is 0 Å². The number of methoxy groups -OCH3 is 1. The van der Waals surface area contributed by atoms with Gasteiger partial charge in [0, 0.05) is 18.2 Å². The van der Waals surface area contributed by atoms with E-state index in [2.05, 4.69) is 10.6 Å². The zero-order valence-corrected chi connectivity index (χ0v) is 17.0. The van der Waals surface area contributed by atoms with E-state index >= 15 is 0 Å². The second kappa shape index (κ2) is 10.1. The standard InChI is InChI=1S/C24H24N2O4/c1-17-8-11-21(30-17)16-22(26-23(27)19-6-4-3-5-7-19)24(28)25-15-14-18-9-12-20(29-2)13-10-18/h3-13,16H,14-15H2,1-2H3,(H,25,28)(H,26,27). The van der Waals surface area contributed by atoms with Crippen LogP contribution < -0.4 is 15.4 Å². The van der Waals surface area contributed by atoms with Gasteiger partial charge in [-0.2, -0.15) is 0 Å². The van der Waals surface area contributed by atoms with Crippen LogP contribution in [-0.2, 0) is 11.2 Å². The van der Waals surface area contributed by atoms with Crippen molar-refractivity contribution in [1.82, 2.24) is 10.6 Å².